The zero-order chi connectivity index (χ0) is 25.2. The van der Waals surface area contributed by atoms with E-state index in [1.807, 2.05) is 0 Å². The van der Waals surface area contributed by atoms with Crippen LogP contribution in [0.5, 0.6) is 0 Å². The molecule has 1 fully saturated rings. The maximum atomic E-state index is 13.4. The summed E-state index contributed by atoms with van der Waals surface area (Å²) in [5.74, 6) is -0.489. The summed E-state index contributed by atoms with van der Waals surface area (Å²) in [5.41, 5.74) is -0.236. The molecule has 0 radical (unpaired) electrons. The molecule has 182 valence electrons. The van der Waals surface area contributed by atoms with Crippen molar-refractivity contribution in [2.24, 2.45) is 5.41 Å². The number of pyridine rings is 1. The Morgan fingerprint density at radius 1 is 1.11 bits per heavy atom. The second-order valence-corrected chi connectivity index (χ2v) is 8.92. The predicted molar refractivity (Wildman–Crippen MR) is 123 cm³/mol. The van der Waals surface area contributed by atoms with Crippen LogP contribution >= 0.6 is 11.6 Å². The van der Waals surface area contributed by atoms with Gasteiger partial charge in [-0.2, -0.15) is 13.2 Å². The first kappa shape index (κ1) is 24.6. The van der Waals surface area contributed by atoms with Crippen molar-refractivity contribution >= 4 is 34.7 Å². The van der Waals surface area contributed by atoms with Crippen LogP contribution in [0.2, 0.25) is 5.02 Å². The number of carbonyl (C=O) groups excluding carboxylic acids is 2. The molecule has 1 aliphatic rings. The number of ketones is 1. The smallest absolute Gasteiger partial charge is 0.354 e. The van der Waals surface area contributed by atoms with E-state index in [1.165, 1.54) is 37.1 Å². The van der Waals surface area contributed by atoms with Gasteiger partial charge in [-0.05, 0) is 38.0 Å². The highest BCUT2D eigenvalue weighted by Gasteiger charge is 2.51. The lowest BCUT2D eigenvalue weighted by atomic mass is 9.96. The first-order chi connectivity index (χ1) is 16.6. The van der Waals surface area contributed by atoms with Crippen molar-refractivity contribution in [1.82, 2.24) is 20.3 Å². The van der Waals surface area contributed by atoms with Crippen molar-refractivity contribution in [2.45, 2.75) is 38.9 Å². The van der Waals surface area contributed by atoms with E-state index >= 15 is 0 Å². The molecule has 0 bridgehead atoms. The van der Waals surface area contributed by atoms with Crippen LogP contribution in [0.15, 0.2) is 49.2 Å². The number of hydrogen-bond donors (Lipinski definition) is 2. The number of rotatable bonds is 8. The van der Waals surface area contributed by atoms with Crippen molar-refractivity contribution in [1.29, 1.82) is 0 Å². The van der Waals surface area contributed by atoms with Gasteiger partial charge >= 0.3 is 6.18 Å². The average Bonchev–Trinajstić information content (AvgIpc) is 3.60. The van der Waals surface area contributed by atoms with Gasteiger partial charge in [0.25, 0.3) is 0 Å². The Kier molecular flexibility index (Phi) is 6.75. The van der Waals surface area contributed by atoms with E-state index in [2.05, 4.69) is 25.6 Å². The number of benzene rings is 1. The standard InChI is InChI=1S/C24H21ClF3N5O2/c1-14-2-3-19(17(6-14)24(26,27)28)33-16-7-18(25)20(31-11-16)12-32-22(35)23(4-5-23)8-21(34)15-9-29-13-30-10-15/h2-3,6-7,9-11,13,33H,4-5,8,12H2,1H3,(H,32,35). The predicted octanol–water partition coefficient (Wildman–Crippen LogP) is 5.27. The van der Waals surface area contributed by atoms with Crippen molar-refractivity contribution < 1.29 is 22.8 Å². The molecule has 0 saturated heterocycles. The van der Waals surface area contributed by atoms with E-state index in [-0.39, 0.29) is 41.1 Å². The summed E-state index contributed by atoms with van der Waals surface area (Å²) >= 11 is 6.28. The molecule has 1 aromatic carbocycles. The lowest BCUT2D eigenvalue weighted by Crippen LogP contribution is -2.33. The zero-order valence-electron chi connectivity index (χ0n) is 18.6. The maximum Gasteiger partial charge on any atom is 0.418 e. The minimum absolute atomic E-state index is 0.0146. The molecule has 35 heavy (non-hydrogen) atoms. The van der Waals surface area contributed by atoms with Crippen molar-refractivity contribution in [3.8, 4) is 0 Å². The number of aryl methyl sites for hydroxylation is 1. The molecule has 0 spiro atoms. The molecule has 11 heteroatoms. The fourth-order valence-corrected chi connectivity index (χ4v) is 3.89. The normalized spacial score (nSPS) is 14.3. The number of halogens is 4. The van der Waals surface area contributed by atoms with Crippen LogP contribution in [-0.4, -0.2) is 26.6 Å². The quantitative estimate of drug-likeness (QED) is 0.407. The molecule has 1 amide bonds. The van der Waals surface area contributed by atoms with Gasteiger partial charge in [0.1, 0.15) is 6.33 Å². The van der Waals surface area contributed by atoms with Crippen molar-refractivity contribution in [3.63, 3.8) is 0 Å². The fourth-order valence-electron chi connectivity index (χ4n) is 3.66. The SMILES string of the molecule is Cc1ccc(Nc2cnc(CNC(=O)C3(CC(=O)c4cncnc4)CC3)c(Cl)c2)c(C(F)(F)F)c1. The van der Waals surface area contributed by atoms with Crippen LogP contribution < -0.4 is 10.6 Å². The van der Waals surface area contributed by atoms with E-state index in [0.717, 1.165) is 6.07 Å². The molecule has 2 aromatic heterocycles. The number of aromatic nitrogens is 3. The fraction of sp³-hybridized carbons (Fsp3) is 0.292. The van der Waals surface area contributed by atoms with Crippen LogP contribution in [0, 0.1) is 12.3 Å². The third kappa shape index (κ3) is 5.76. The van der Waals surface area contributed by atoms with Gasteiger partial charge in [0.05, 0.1) is 51.4 Å². The number of amides is 1. The Bertz CT molecular complexity index is 1260. The average molecular weight is 504 g/mol. The number of Topliss-reactive ketones (excluding diaryl/α,β-unsaturated/α-hetero) is 1. The largest absolute Gasteiger partial charge is 0.418 e. The second-order valence-electron chi connectivity index (χ2n) is 8.51. The van der Waals surface area contributed by atoms with Gasteiger partial charge in [0.2, 0.25) is 5.91 Å². The highest BCUT2D eigenvalue weighted by atomic mass is 35.5. The Labute approximate surface area is 204 Å². The van der Waals surface area contributed by atoms with Crippen molar-refractivity contribution in [3.05, 3.63) is 76.6 Å². The van der Waals surface area contributed by atoms with E-state index in [4.69, 9.17) is 11.6 Å². The van der Waals surface area contributed by atoms with Gasteiger partial charge in [-0.25, -0.2) is 9.97 Å². The summed E-state index contributed by atoms with van der Waals surface area (Å²) in [4.78, 5) is 37.1. The van der Waals surface area contributed by atoms with E-state index in [0.29, 0.717) is 29.7 Å². The van der Waals surface area contributed by atoms with E-state index < -0.39 is 17.2 Å². The molecule has 2 N–H and O–H groups in total. The van der Waals surface area contributed by atoms with Crippen molar-refractivity contribution in [2.75, 3.05) is 5.32 Å². The first-order valence-corrected chi connectivity index (χ1v) is 11.1. The third-order valence-electron chi connectivity index (χ3n) is 5.81. The molecule has 0 unspecified atom stereocenters. The van der Waals surface area contributed by atoms with Gasteiger partial charge in [-0.1, -0.05) is 23.2 Å². The second kappa shape index (κ2) is 9.61. The molecular weight excluding hydrogens is 483 g/mol. The summed E-state index contributed by atoms with van der Waals surface area (Å²) in [6, 6.07) is 5.42. The Balaban J connectivity index is 1.39. The van der Waals surface area contributed by atoms with E-state index in [9.17, 15) is 22.8 Å². The van der Waals surface area contributed by atoms with Crippen LogP contribution in [0.25, 0.3) is 0 Å². The Morgan fingerprint density at radius 2 is 1.83 bits per heavy atom. The first-order valence-electron chi connectivity index (χ1n) is 10.7. The summed E-state index contributed by atoms with van der Waals surface area (Å²) in [7, 11) is 0. The number of anilines is 2. The molecule has 0 aliphatic heterocycles. The summed E-state index contributed by atoms with van der Waals surface area (Å²) < 4.78 is 40.1. The van der Waals surface area contributed by atoms with Gasteiger partial charge in [0.15, 0.2) is 5.78 Å². The van der Waals surface area contributed by atoms with E-state index in [1.54, 1.807) is 13.0 Å². The van der Waals surface area contributed by atoms with Gasteiger partial charge in [-0.3, -0.25) is 14.6 Å². The highest BCUT2D eigenvalue weighted by Crippen LogP contribution is 2.49. The molecule has 4 rings (SSSR count). The highest BCUT2D eigenvalue weighted by molar-refractivity contribution is 6.31. The summed E-state index contributed by atoms with van der Waals surface area (Å²) in [6.45, 7) is 1.60. The lowest BCUT2D eigenvalue weighted by molar-refractivity contribution is -0.137. The third-order valence-corrected chi connectivity index (χ3v) is 6.14. The molecule has 2 heterocycles. The Hall–Kier alpha value is -3.53. The number of nitrogens with zero attached hydrogens (tertiary/aromatic N) is 3. The number of hydrogen-bond acceptors (Lipinski definition) is 6. The molecule has 1 aliphatic carbocycles. The molecule has 7 nitrogen and oxygen atoms in total. The molecule has 1 saturated carbocycles. The molecule has 0 atom stereocenters. The number of nitrogens with one attached hydrogen (secondary N) is 2. The monoisotopic (exact) mass is 503 g/mol. The van der Waals surface area contributed by atoms with Crippen LogP contribution in [0.1, 0.15) is 46.4 Å². The molecule has 3 aromatic rings. The van der Waals surface area contributed by atoms with Gasteiger partial charge < -0.3 is 10.6 Å². The number of alkyl halides is 3. The molecular formula is C24H21ClF3N5O2. The van der Waals surface area contributed by atoms with Gasteiger partial charge in [-0.15, -0.1) is 0 Å². The topological polar surface area (TPSA) is 96.9 Å². The Morgan fingerprint density at radius 3 is 2.46 bits per heavy atom. The summed E-state index contributed by atoms with van der Waals surface area (Å²) in [6.07, 6.45) is 2.19. The lowest BCUT2D eigenvalue weighted by Gasteiger charge is -2.17. The van der Waals surface area contributed by atoms with Crippen LogP contribution in [0.4, 0.5) is 24.5 Å². The minimum atomic E-state index is -4.52. The summed E-state index contributed by atoms with van der Waals surface area (Å²) in [5, 5.41) is 5.65. The number of carbonyl (C=O) groups is 2. The van der Waals surface area contributed by atoms with Crippen LogP contribution in [0.3, 0.4) is 0 Å². The zero-order valence-corrected chi connectivity index (χ0v) is 19.4. The van der Waals surface area contributed by atoms with Gasteiger partial charge in [0, 0.05) is 18.8 Å². The maximum absolute atomic E-state index is 13.4. The minimum Gasteiger partial charge on any atom is -0.354 e. The van der Waals surface area contributed by atoms with Crippen LogP contribution in [-0.2, 0) is 17.5 Å².